The Morgan fingerprint density at radius 2 is 1.95 bits per heavy atom. The van der Waals surface area contributed by atoms with Gasteiger partial charge in [-0.3, -0.25) is 0 Å². The van der Waals surface area contributed by atoms with Gasteiger partial charge < -0.3 is 4.74 Å². The number of ether oxygens (including phenoxy) is 1. The highest BCUT2D eigenvalue weighted by molar-refractivity contribution is 6.32. The maximum Gasteiger partial charge on any atom is 0.146 e. The van der Waals surface area contributed by atoms with Crippen molar-refractivity contribution in [3.05, 3.63) is 57.3 Å². The van der Waals surface area contributed by atoms with Crippen LogP contribution >= 0.6 is 23.2 Å². The highest BCUT2D eigenvalue weighted by Crippen LogP contribution is 2.33. The summed E-state index contributed by atoms with van der Waals surface area (Å²) in [5.41, 5.74) is 0.977. The number of hydrogen-bond donors (Lipinski definition) is 0. The van der Waals surface area contributed by atoms with Crippen molar-refractivity contribution in [2.24, 2.45) is 0 Å². The van der Waals surface area contributed by atoms with Crippen LogP contribution in [-0.2, 0) is 0 Å². The molecule has 0 amide bonds. The van der Waals surface area contributed by atoms with Crippen molar-refractivity contribution in [1.29, 1.82) is 5.26 Å². The Morgan fingerprint density at radius 1 is 1.21 bits per heavy atom. The molecule has 96 valence electrons. The summed E-state index contributed by atoms with van der Waals surface area (Å²) < 4.78 is 18.7. The fourth-order valence-electron chi connectivity index (χ4n) is 1.57. The molecule has 0 saturated heterocycles. The summed E-state index contributed by atoms with van der Waals surface area (Å²) >= 11 is 11.8. The lowest BCUT2D eigenvalue weighted by Gasteiger charge is -2.10. The predicted octanol–water partition coefficient (Wildman–Crippen LogP) is 5.10. The fourth-order valence-corrected chi connectivity index (χ4v) is 1.98. The van der Waals surface area contributed by atoms with Crippen LogP contribution in [0.2, 0.25) is 10.0 Å². The molecule has 0 atom stereocenters. The topological polar surface area (TPSA) is 33.0 Å². The molecule has 0 N–H and O–H groups in total. The van der Waals surface area contributed by atoms with Crippen LogP contribution in [0.25, 0.3) is 0 Å². The summed E-state index contributed by atoms with van der Waals surface area (Å²) in [4.78, 5) is 0. The number of nitriles is 1. The van der Waals surface area contributed by atoms with Crippen molar-refractivity contribution < 1.29 is 9.13 Å². The molecular formula is C14H8Cl2FNO. The molecule has 2 aromatic rings. The molecule has 0 aliphatic heterocycles. The number of aryl methyl sites for hydroxylation is 1. The van der Waals surface area contributed by atoms with E-state index in [1.807, 2.05) is 6.07 Å². The first-order valence-corrected chi connectivity index (χ1v) is 6.10. The Bertz CT molecular complexity index is 660. The van der Waals surface area contributed by atoms with E-state index in [-0.39, 0.29) is 22.1 Å². The molecule has 2 nitrogen and oxygen atoms in total. The van der Waals surface area contributed by atoms with Gasteiger partial charge in [-0.1, -0.05) is 29.3 Å². The molecule has 0 unspecified atom stereocenters. The average Bonchev–Trinajstić information content (AvgIpc) is 2.33. The normalized spacial score (nSPS) is 10.1. The molecule has 0 aliphatic carbocycles. The van der Waals surface area contributed by atoms with Gasteiger partial charge in [-0.25, -0.2) is 4.39 Å². The minimum Gasteiger partial charge on any atom is -0.456 e. The second-order valence-corrected chi connectivity index (χ2v) is 4.70. The first-order valence-electron chi connectivity index (χ1n) is 5.34. The maximum absolute atomic E-state index is 13.2. The van der Waals surface area contributed by atoms with Gasteiger partial charge in [0.2, 0.25) is 0 Å². The zero-order valence-corrected chi connectivity index (χ0v) is 11.4. The van der Waals surface area contributed by atoms with Crippen LogP contribution in [-0.4, -0.2) is 0 Å². The van der Waals surface area contributed by atoms with Crippen LogP contribution in [0.3, 0.4) is 0 Å². The van der Waals surface area contributed by atoms with Crippen molar-refractivity contribution in [3.63, 3.8) is 0 Å². The molecule has 0 spiro atoms. The lowest BCUT2D eigenvalue weighted by atomic mass is 10.1. The summed E-state index contributed by atoms with van der Waals surface area (Å²) in [5.74, 6) is -0.0413. The molecule has 2 aromatic carbocycles. The van der Waals surface area contributed by atoms with Crippen molar-refractivity contribution in [2.45, 2.75) is 6.92 Å². The van der Waals surface area contributed by atoms with E-state index in [0.29, 0.717) is 5.02 Å². The zero-order chi connectivity index (χ0) is 14.0. The second kappa shape index (κ2) is 5.48. The smallest absolute Gasteiger partial charge is 0.146 e. The van der Waals surface area contributed by atoms with Gasteiger partial charge in [0, 0.05) is 11.1 Å². The van der Waals surface area contributed by atoms with Gasteiger partial charge >= 0.3 is 0 Å². The molecule has 19 heavy (non-hydrogen) atoms. The molecule has 2 rings (SSSR count). The number of rotatable bonds is 2. The zero-order valence-electron chi connectivity index (χ0n) is 9.88. The third-order valence-electron chi connectivity index (χ3n) is 2.47. The Morgan fingerprint density at radius 3 is 2.58 bits per heavy atom. The Labute approximate surface area is 119 Å². The van der Waals surface area contributed by atoms with Gasteiger partial charge in [0.05, 0.1) is 5.02 Å². The minimum absolute atomic E-state index is 0.210. The third kappa shape index (κ3) is 2.98. The Kier molecular flexibility index (Phi) is 3.94. The molecule has 0 aliphatic rings. The van der Waals surface area contributed by atoms with Crippen molar-refractivity contribution in [2.75, 3.05) is 0 Å². The van der Waals surface area contributed by atoms with Crippen LogP contribution in [0, 0.1) is 24.1 Å². The van der Waals surface area contributed by atoms with Crippen molar-refractivity contribution >= 4 is 23.2 Å². The standard InChI is InChI=1S/C14H8Cl2FNO/c1-8-2-3-13(12(7-18)14(8)16)19-11-5-9(15)4-10(17)6-11/h2-6H,1H3. The quantitative estimate of drug-likeness (QED) is 0.772. The Hall–Kier alpha value is -1.76. The van der Waals surface area contributed by atoms with Crippen LogP contribution in [0.15, 0.2) is 30.3 Å². The molecule has 0 heterocycles. The summed E-state index contributed by atoms with van der Waals surface area (Å²) in [6.45, 7) is 1.78. The van der Waals surface area contributed by atoms with Gasteiger partial charge in [-0.05, 0) is 30.7 Å². The first-order chi connectivity index (χ1) is 9.01. The van der Waals surface area contributed by atoms with Crippen molar-refractivity contribution in [1.82, 2.24) is 0 Å². The van der Waals surface area contributed by atoms with E-state index in [2.05, 4.69) is 0 Å². The molecule has 0 bridgehead atoms. The number of hydrogen-bond acceptors (Lipinski definition) is 2. The number of halogens is 3. The van der Waals surface area contributed by atoms with Crippen LogP contribution in [0.5, 0.6) is 11.5 Å². The van der Waals surface area contributed by atoms with E-state index >= 15 is 0 Å². The molecule has 0 saturated carbocycles. The SMILES string of the molecule is Cc1ccc(Oc2cc(F)cc(Cl)c2)c(C#N)c1Cl. The van der Waals surface area contributed by atoms with E-state index in [0.717, 1.165) is 5.56 Å². The van der Waals surface area contributed by atoms with Gasteiger partial charge in [0.1, 0.15) is 28.9 Å². The van der Waals surface area contributed by atoms with Gasteiger partial charge in [0.25, 0.3) is 0 Å². The summed E-state index contributed by atoms with van der Waals surface area (Å²) in [6, 6.07) is 9.11. The van der Waals surface area contributed by atoms with Gasteiger partial charge in [-0.2, -0.15) is 5.26 Å². The number of nitrogens with zero attached hydrogens (tertiary/aromatic N) is 1. The van der Waals surface area contributed by atoms with E-state index in [9.17, 15) is 4.39 Å². The van der Waals surface area contributed by atoms with Crippen LogP contribution in [0.1, 0.15) is 11.1 Å². The van der Waals surface area contributed by atoms with Crippen LogP contribution < -0.4 is 4.74 Å². The largest absolute Gasteiger partial charge is 0.456 e. The molecule has 0 radical (unpaired) electrons. The highest BCUT2D eigenvalue weighted by atomic mass is 35.5. The minimum atomic E-state index is -0.515. The molecular weight excluding hydrogens is 288 g/mol. The van der Waals surface area contributed by atoms with Crippen molar-refractivity contribution in [3.8, 4) is 17.6 Å². The summed E-state index contributed by atoms with van der Waals surface area (Å²) in [7, 11) is 0. The van der Waals surface area contributed by atoms with Gasteiger partial charge in [0.15, 0.2) is 0 Å². The number of benzene rings is 2. The lowest BCUT2D eigenvalue weighted by Crippen LogP contribution is -1.91. The summed E-state index contributed by atoms with van der Waals surface area (Å²) in [6.07, 6.45) is 0. The predicted molar refractivity (Wildman–Crippen MR) is 72.4 cm³/mol. The monoisotopic (exact) mass is 295 g/mol. The summed E-state index contributed by atoms with van der Waals surface area (Å²) in [5, 5.41) is 9.63. The molecule has 0 aromatic heterocycles. The maximum atomic E-state index is 13.2. The van der Waals surface area contributed by atoms with E-state index in [1.165, 1.54) is 18.2 Å². The van der Waals surface area contributed by atoms with E-state index in [4.69, 9.17) is 33.2 Å². The molecule has 5 heteroatoms. The Balaban J connectivity index is 2.44. The second-order valence-electron chi connectivity index (χ2n) is 3.89. The first kappa shape index (κ1) is 13.7. The third-order valence-corrected chi connectivity index (χ3v) is 3.18. The fraction of sp³-hybridized carbons (Fsp3) is 0.0714. The lowest BCUT2D eigenvalue weighted by molar-refractivity contribution is 0.475. The molecule has 0 fully saturated rings. The van der Waals surface area contributed by atoms with Crippen LogP contribution in [0.4, 0.5) is 4.39 Å². The van der Waals surface area contributed by atoms with Gasteiger partial charge in [-0.15, -0.1) is 0 Å². The average molecular weight is 296 g/mol. The van der Waals surface area contributed by atoms with E-state index < -0.39 is 5.82 Å². The van der Waals surface area contributed by atoms with E-state index in [1.54, 1.807) is 19.1 Å². The highest BCUT2D eigenvalue weighted by Gasteiger charge is 2.12.